The van der Waals surface area contributed by atoms with E-state index in [0.29, 0.717) is 12.2 Å². The molecule has 0 N–H and O–H groups in total. The first kappa shape index (κ1) is 22.2. The van der Waals surface area contributed by atoms with Crippen molar-refractivity contribution in [2.75, 3.05) is 4.90 Å². The number of carbonyl (C=O) groups excluding carboxylic acids is 1. The van der Waals surface area contributed by atoms with Crippen molar-refractivity contribution in [3.8, 4) is 0 Å². The maximum atomic E-state index is 13.4. The molecule has 1 saturated carbocycles. The summed E-state index contributed by atoms with van der Waals surface area (Å²) in [6.45, 7) is 2.11. The predicted molar refractivity (Wildman–Crippen MR) is 147 cm³/mol. The summed E-state index contributed by atoms with van der Waals surface area (Å²) in [6, 6.07) is 27.5. The Labute approximate surface area is 214 Å². The molecule has 6 rings (SSSR count). The lowest BCUT2D eigenvalue weighted by atomic mass is 9.76. The molecule has 0 saturated heterocycles. The number of para-hydroxylation sites is 1. The van der Waals surface area contributed by atoms with Gasteiger partial charge in [0.25, 0.3) is 0 Å². The molecule has 0 spiro atoms. The number of aromatic nitrogens is 1. The molecule has 1 aromatic heterocycles. The first-order chi connectivity index (χ1) is 17.1. The topological polar surface area (TPSA) is 33.2 Å². The highest BCUT2D eigenvalue weighted by atomic mass is 79.9. The molecule has 2 atom stereocenters. The normalized spacial score (nSPS) is 20.0. The first-order valence-electron chi connectivity index (χ1n) is 12.3. The molecule has 0 radical (unpaired) electrons. The van der Waals surface area contributed by atoms with Crippen LogP contribution in [0.25, 0.3) is 22.7 Å². The van der Waals surface area contributed by atoms with Crippen LogP contribution in [-0.2, 0) is 4.79 Å². The van der Waals surface area contributed by atoms with E-state index in [1.807, 2.05) is 6.07 Å². The van der Waals surface area contributed by atoms with Gasteiger partial charge in [0.05, 0.1) is 22.9 Å². The van der Waals surface area contributed by atoms with E-state index in [4.69, 9.17) is 4.98 Å². The van der Waals surface area contributed by atoms with E-state index in [0.717, 1.165) is 62.8 Å². The Morgan fingerprint density at radius 3 is 2.49 bits per heavy atom. The van der Waals surface area contributed by atoms with E-state index in [2.05, 4.69) is 107 Å². The molecule has 1 fully saturated rings. The van der Waals surface area contributed by atoms with Crippen molar-refractivity contribution in [2.24, 2.45) is 5.92 Å². The van der Waals surface area contributed by atoms with Gasteiger partial charge >= 0.3 is 0 Å². The van der Waals surface area contributed by atoms with Crippen LogP contribution in [0.5, 0.6) is 0 Å². The Morgan fingerprint density at radius 1 is 0.943 bits per heavy atom. The molecular formula is C31H27BrN2O. The summed E-state index contributed by atoms with van der Waals surface area (Å²) in [5.41, 5.74) is 7.62. The summed E-state index contributed by atoms with van der Waals surface area (Å²) in [5, 5.41) is 1.11. The van der Waals surface area contributed by atoms with Gasteiger partial charge in [0.2, 0.25) is 0 Å². The fraction of sp³-hybridized carbons (Fsp3) is 0.226. The van der Waals surface area contributed by atoms with Gasteiger partial charge in [0.15, 0.2) is 0 Å². The van der Waals surface area contributed by atoms with Gasteiger partial charge in [-0.05, 0) is 67.8 Å². The molecule has 174 valence electrons. The Balaban J connectivity index is 1.63. The minimum Gasteiger partial charge on any atom is -0.333 e. The summed E-state index contributed by atoms with van der Waals surface area (Å²) in [7, 11) is 0. The zero-order valence-corrected chi connectivity index (χ0v) is 21.3. The number of rotatable bonds is 3. The summed E-state index contributed by atoms with van der Waals surface area (Å²) in [4.78, 5) is 20.9. The van der Waals surface area contributed by atoms with Gasteiger partial charge in [-0.1, -0.05) is 70.4 Å². The number of anilines is 1. The van der Waals surface area contributed by atoms with Crippen LogP contribution in [0.2, 0.25) is 0 Å². The SMILES string of the molecule is Cc1ccc(C2=Cc3nc4ccccc4cc3C(C3CCCCC3=O)N2c2ccc(Br)cc2)cc1. The number of pyridine rings is 1. The lowest BCUT2D eigenvalue weighted by Crippen LogP contribution is -2.39. The number of Topliss-reactive ketones (excluding diaryl/α,β-unsaturated/α-hetero) is 1. The zero-order chi connectivity index (χ0) is 23.9. The van der Waals surface area contributed by atoms with Crippen LogP contribution in [0.1, 0.15) is 54.1 Å². The van der Waals surface area contributed by atoms with Crippen molar-refractivity contribution in [1.29, 1.82) is 0 Å². The predicted octanol–water partition coefficient (Wildman–Crippen LogP) is 8.12. The molecule has 4 heteroatoms. The van der Waals surface area contributed by atoms with Crippen molar-refractivity contribution < 1.29 is 4.79 Å². The van der Waals surface area contributed by atoms with Gasteiger partial charge in [-0.3, -0.25) is 4.79 Å². The molecule has 3 aromatic carbocycles. The van der Waals surface area contributed by atoms with E-state index in [9.17, 15) is 4.79 Å². The van der Waals surface area contributed by atoms with Crippen LogP contribution in [0, 0.1) is 12.8 Å². The molecule has 2 unspecified atom stereocenters. The third-order valence-corrected chi connectivity index (χ3v) is 7.88. The Hall–Kier alpha value is -3.24. The van der Waals surface area contributed by atoms with E-state index in [1.165, 1.54) is 5.56 Å². The molecule has 0 bridgehead atoms. The van der Waals surface area contributed by atoms with Gasteiger partial charge < -0.3 is 4.90 Å². The minimum absolute atomic E-state index is 0.0664. The van der Waals surface area contributed by atoms with E-state index < -0.39 is 0 Å². The highest BCUT2D eigenvalue weighted by Gasteiger charge is 2.40. The number of benzene rings is 3. The smallest absolute Gasteiger partial charge is 0.138 e. The molecular weight excluding hydrogens is 496 g/mol. The summed E-state index contributed by atoms with van der Waals surface area (Å²) < 4.78 is 1.04. The van der Waals surface area contributed by atoms with Crippen molar-refractivity contribution in [2.45, 2.75) is 38.6 Å². The van der Waals surface area contributed by atoms with Crippen LogP contribution in [0.4, 0.5) is 5.69 Å². The number of nitrogens with zero attached hydrogens (tertiary/aromatic N) is 2. The van der Waals surface area contributed by atoms with Crippen molar-refractivity contribution >= 4 is 50.1 Å². The molecule has 2 heterocycles. The van der Waals surface area contributed by atoms with Gasteiger partial charge in [-0.25, -0.2) is 4.98 Å². The standard InChI is InChI=1S/C31H27BrN2O/c1-20-10-12-21(13-11-20)29-19-28-26(18-22-6-2-4-8-27(22)33-28)31(25-7-3-5-9-30(25)35)34(29)24-16-14-23(32)15-17-24/h2,4,6,8,10-19,25,31H,3,5,7,9H2,1H3. The maximum Gasteiger partial charge on any atom is 0.138 e. The Kier molecular flexibility index (Phi) is 5.77. The van der Waals surface area contributed by atoms with Crippen LogP contribution >= 0.6 is 15.9 Å². The number of fused-ring (bicyclic) bond motifs is 2. The van der Waals surface area contributed by atoms with Crippen molar-refractivity contribution in [3.63, 3.8) is 0 Å². The first-order valence-corrected chi connectivity index (χ1v) is 13.1. The van der Waals surface area contributed by atoms with Gasteiger partial charge in [-0.15, -0.1) is 0 Å². The second-order valence-corrected chi connectivity index (χ2v) is 10.6. The summed E-state index contributed by atoms with van der Waals surface area (Å²) in [5.74, 6) is 0.302. The monoisotopic (exact) mass is 522 g/mol. The van der Waals surface area contributed by atoms with Crippen LogP contribution in [0.15, 0.2) is 83.3 Å². The molecule has 1 aliphatic carbocycles. The highest BCUT2D eigenvalue weighted by molar-refractivity contribution is 9.10. The lowest BCUT2D eigenvalue weighted by molar-refractivity contribution is -0.125. The molecule has 4 aromatic rings. The Morgan fingerprint density at radius 2 is 1.71 bits per heavy atom. The quantitative estimate of drug-likeness (QED) is 0.272. The molecule has 0 amide bonds. The van der Waals surface area contributed by atoms with E-state index in [1.54, 1.807) is 0 Å². The summed E-state index contributed by atoms with van der Waals surface area (Å²) >= 11 is 3.59. The van der Waals surface area contributed by atoms with E-state index in [-0.39, 0.29) is 12.0 Å². The molecule has 1 aliphatic heterocycles. The average molecular weight is 523 g/mol. The van der Waals surface area contributed by atoms with Crippen molar-refractivity contribution in [1.82, 2.24) is 4.98 Å². The largest absolute Gasteiger partial charge is 0.333 e. The number of carbonyl (C=O) groups is 1. The second-order valence-electron chi connectivity index (χ2n) is 9.66. The fourth-order valence-electron chi connectivity index (χ4n) is 5.58. The van der Waals surface area contributed by atoms with Crippen molar-refractivity contribution in [3.05, 3.63) is 106 Å². The van der Waals surface area contributed by atoms with Crippen LogP contribution in [0.3, 0.4) is 0 Å². The third kappa shape index (κ3) is 4.10. The third-order valence-electron chi connectivity index (χ3n) is 7.35. The maximum absolute atomic E-state index is 13.4. The molecule has 2 aliphatic rings. The number of hydrogen-bond acceptors (Lipinski definition) is 3. The number of aryl methyl sites for hydroxylation is 1. The van der Waals surface area contributed by atoms with Gasteiger partial charge in [0.1, 0.15) is 5.78 Å². The molecule has 3 nitrogen and oxygen atoms in total. The van der Waals surface area contributed by atoms with Crippen LogP contribution in [-0.4, -0.2) is 10.8 Å². The number of hydrogen-bond donors (Lipinski definition) is 0. The Bertz CT molecular complexity index is 1440. The lowest BCUT2D eigenvalue weighted by Gasteiger charge is -2.44. The van der Waals surface area contributed by atoms with E-state index >= 15 is 0 Å². The highest BCUT2D eigenvalue weighted by Crippen LogP contribution is 2.48. The number of ketones is 1. The van der Waals surface area contributed by atoms with Crippen LogP contribution < -0.4 is 4.90 Å². The molecule has 35 heavy (non-hydrogen) atoms. The summed E-state index contributed by atoms with van der Waals surface area (Å²) in [6.07, 6.45) is 5.85. The second kappa shape index (κ2) is 9.09. The zero-order valence-electron chi connectivity index (χ0n) is 19.7. The average Bonchev–Trinajstić information content (AvgIpc) is 2.88. The fourth-order valence-corrected chi connectivity index (χ4v) is 5.84. The number of halogens is 1. The van der Waals surface area contributed by atoms with Gasteiger partial charge in [-0.2, -0.15) is 0 Å². The minimum atomic E-state index is -0.0996. The van der Waals surface area contributed by atoms with Gasteiger partial charge in [0, 0.05) is 33.4 Å².